The molecule has 10 heteroatoms. The minimum absolute atomic E-state index is 0.0387. The summed E-state index contributed by atoms with van der Waals surface area (Å²) in [5.74, 6) is -0.240. The molecule has 136 valence electrons. The lowest BCUT2D eigenvalue weighted by atomic mass is 10.1. The van der Waals surface area contributed by atoms with Crippen molar-refractivity contribution in [3.05, 3.63) is 45.9 Å². The maximum Gasteiger partial charge on any atom is 0.344 e. The quantitative estimate of drug-likeness (QED) is 0.692. The largest absolute Gasteiger partial charge is 0.488 e. The summed E-state index contributed by atoms with van der Waals surface area (Å²) >= 11 is 12.4. The Kier molecular flexibility index (Phi) is 5.85. The molecule has 0 bridgehead atoms. The maximum absolute atomic E-state index is 12.4. The summed E-state index contributed by atoms with van der Waals surface area (Å²) in [7, 11) is 0. The first-order valence-corrected chi connectivity index (χ1v) is 8.57. The van der Waals surface area contributed by atoms with Crippen molar-refractivity contribution in [2.45, 2.75) is 25.8 Å². The number of ketones is 1. The summed E-state index contributed by atoms with van der Waals surface area (Å²) < 4.78 is 10.8. The molecule has 0 saturated carbocycles. The third kappa shape index (κ3) is 4.39. The van der Waals surface area contributed by atoms with Gasteiger partial charge in [-0.25, -0.2) is 4.79 Å². The standard InChI is InChI=1S/C16H14Cl2N4O4/c17-13-5-4-12(16(24)26-11-3-1-2-10(23)8-11)14(18)15(13)25-7-6-22-20-9-19-21-22/h4-5,8-9H,1-3,6-7H2. The highest BCUT2D eigenvalue weighted by Gasteiger charge is 2.21. The molecule has 0 aliphatic heterocycles. The number of allylic oxidation sites excluding steroid dienone is 2. The fourth-order valence-electron chi connectivity index (χ4n) is 2.36. The number of benzene rings is 1. The molecule has 8 nitrogen and oxygen atoms in total. The van der Waals surface area contributed by atoms with Crippen LogP contribution in [0.25, 0.3) is 0 Å². The number of carbonyl (C=O) groups excluding carboxylic acids is 2. The van der Waals surface area contributed by atoms with E-state index in [0.29, 0.717) is 31.6 Å². The Balaban J connectivity index is 1.71. The van der Waals surface area contributed by atoms with Crippen LogP contribution in [0.3, 0.4) is 0 Å². The van der Waals surface area contributed by atoms with Gasteiger partial charge in [-0.2, -0.15) is 4.80 Å². The number of esters is 1. The van der Waals surface area contributed by atoms with Gasteiger partial charge in [0.25, 0.3) is 0 Å². The first-order chi connectivity index (χ1) is 12.5. The summed E-state index contributed by atoms with van der Waals surface area (Å²) in [6.07, 6.45) is 4.28. The monoisotopic (exact) mass is 396 g/mol. The van der Waals surface area contributed by atoms with E-state index in [1.54, 1.807) is 0 Å². The summed E-state index contributed by atoms with van der Waals surface area (Å²) in [6, 6.07) is 2.94. The predicted octanol–water partition coefficient (Wildman–Crippen LogP) is 2.85. The Morgan fingerprint density at radius 3 is 2.85 bits per heavy atom. The van der Waals surface area contributed by atoms with Crippen molar-refractivity contribution in [2.75, 3.05) is 6.61 Å². The van der Waals surface area contributed by atoms with Crippen LogP contribution < -0.4 is 4.74 Å². The average Bonchev–Trinajstić information content (AvgIpc) is 3.11. The van der Waals surface area contributed by atoms with Gasteiger partial charge in [0.2, 0.25) is 0 Å². The van der Waals surface area contributed by atoms with Gasteiger partial charge in [-0.1, -0.05) is 23.2 Å². The molecule has 1 aliphatic carbocycles. The summed E-state index contributed by atoms with van der Waals surface area (Å²) in [4.78, 5) is 25.1. The number of ether oxygens (including phenoxy) is 2. The number of hydrogen-bond acceptors (Lipinski definition) is 7. The molecule has 0 amide bonds. The zero-order chi connectivity index (χ0) is 18.5. The van der Waals surface area contributed by atoms with Crippen molar-refractivity contribution in [2.24, 2.45) is 0 Å². The third-order valence-electron chi connectivity index (χ3n) is 3.59. The van der Waals surface area contributed by atoms with E-state index in [4.69, 9.17) is 32.7 Å². The van der Waals surface area contributed by atoms with E-state index in [1.165, 1.54) is 29.3 Å². The number of halogens is 2. The van der Waals surface area contributed by atoms with Crippen LogP contribution in [-0.4, -0.2) is 38.6 Å². The van der Waals surface area contributed by atoms with Crippen molar-refractivity contribution in [3.8, 4) is 5.75 Å². The Morgan fingerprint density at radius 1 is 1.27 bits per heavy atom. The maximum atomic E-state index is 12.4. The van der Waals surface area contributed by atoms with Crippen LogP contribution >= 0.6 is 23.2 Å². The van der Waals surface area contributed by atoms with Gasteiger partial charge in [0.15, 0.2) is 17.9 Å². The molecular weight excluding hydrogens is 383 g/mol. The van der Waals surface area contributed by atoms with E-state index in [9.17, 15) is 9.59 Å². The minimum Gasteiger partial charge on any atom is -0.488 e. The SMILES string of the molecule is O=C1C=C(OC(=O)c2ccc(Cl)c(OCCn3ncnn3)c2Cl)CCC1. The number of nitrogens with zero attached hydrogens (tertiary/aromatic N) is 4. The van der Waals surface area contributed by atoms with Gasteiger partial charge < -0.3 is 9.47 Å². The van der Waals surface area contributed by atoms with Crippen molar-refractivity contribution in [1.82, 2.24) is 20.2 Å². The normalized spacial score (nSPS) is 14.1. The van der Waals surface area contributed by atoms with E-state index in [-0.39, 0.29) is 33.7 Å². The van der Waals surface area contributed by atoms with E-state index >= 15 is 0 Å². The van der Waals surface area contributed by atoms with Crippen molar-refractivity contribution in [3.63, 3.8) is 0 Å². The van der Waals surface area contributed by atoms with Crippen LogP contribution in [-0.2, 0) is 16.1 Å². The second-order valence-corrected chi connectivity index (χ2v) is 6.22. The van der Waals surface area contributed by atoms with Crippen LogP contribution in [0.15, 0.2) is 30.3 Å². The van der Waals surface area contributed by atoms with Crippen LogP contribution in [0.4, 0.5) is 0 Å². The molecule has 26 heavy (non-hydrogen) atoms. The van der Waals surface area contributed by atoms with Gasteiger partial charge in [0, 0.05) is 18.9 Å². The van der Waals surface area contributed by atoms with E-state index in [2.05, 4.69) is 15.4 Å². The first kappa shape index (κ1) is 18.3. The molecule has 0 spiro atoms. The van der Waals surface area contributed by atoms with Gasteiger partial charge in [-0.05, 0) is 23.8 Å². The van der Waals surface area contributed by atoms with Crippen LogP contribution in [0, 0.1) is 0 Å². The van der Waals surface area contributed by atoms with Crippen molar-refractivity contribution in [1.29, 1.82) is 0 Å². The summed E-state index contributed by atoms with van der Waals surface area (Å²) in [6.45, 7) is 0.504. The summed E-state index contributed by atoms with van der Waals surface area (Å²) in [5, 5.41) is 11.4. The molecular formula is C16H14Cl2N4O4. The Bertz CT molecular complexity index is 852. The summed E-state index contributed by atoms with van der Waals surface area (Å²) in [5.41, 5.74) is 0.101. The predicted molar refractivity (Wildman–Crippen MR) is 92.1 cm³/mol. The topological polar surface area (TPSA) is 96.2 Å². The zero-order valence-corrected chi connectivity index (χ0v) is 15.0. The number of hydrogen-bond donors (Lipinski definition) is 0. The smallest absolute Gasteiger partial charge is 0.344 e. The Hall–Kier alpha value is -2.45. The molecule has 1 aromatic heterocycles. The van der Waals surface area contributed by atoms with E-state index < -0.39 is 5.97 Å². The van der Waals surface area contributed by atoms with Gasteiger partial charge in [0.05, 0.1) is 22.2 Å². The molecule has 1 aromatic carbocycles. The fourth-order valence-corrected chi connectivity index (χ4v) is 2.91. The molecule has 0 unspecified atom stereocenters. The van der Waals surface area contributed by atoms with Crippen molar-refractivity contribution < 1.29 is 19.1 Å². The second kappa shape index (κ2) is 8.29. The number of rotatable bonds is 6. The molecule has 0 fully saturated rings. The molecule has 0 N–H and O–H groups in total. The molecule has 1 aliphatic rings. The lowest BCUT2D eigenvalue weighted by Gasteiger charge is -2.15. The van der Waals surface area contributed by atoms with Gasteiger partial charge in [0.1, 0.15) is 12.4 Å². The first-order valence-electron chi connectivity index (χ1n) is 7.82. The highest BCUT2D eigenvalue weighted by atomic mass is 35.5. The average molecular weight is 397 g/mol. The van der Waals surface area contributed by atoms with Gasteiger partial charge in [-0.15, -0.1) is 10.2 Å². The lowest BCUT2D eigenvalue weighted by molar-refractivity contribution is -0.115. The molecule has 0 saturated heterocycles. The molecule has 1 heterocycles. The van der Waals surface area contributed by atoms with Crippen molar-refractivity contribution >= 4 is 35.0 Å². The van der Waals surface area contributed by atoms with E-state index in [0.717, 1.165) is 0 Å². The number of aromatic nitrogens is 4. The zero-order valence-electron chi connectivity index (χ0n) is 13.5. The van der Waals surface area contributed by atoms with E-state index in [1.807, 2.05) is 0 Å². The molecule has 0 atom stereocenters. The third-order valence-corrected chi connectivity index (χ3v) is 4.26. The van der Waals surface area contributed by atoms with Gasteiger partial charge in [-0.3, -0.25) is 4.79 Å². The number of carbonyl (C=O) groups is 2. The Labute approximate surface area is 158 Å². The molecule has 2 aromatic rings. The second-order valence-electron chi connectivity index (χ2n) is 5.44. The van der Waals surface area contributed by atoms with Gasteiger partial charge >= 0.3 is 5.97 Å². The van der Waals surface area contributed by atoms with Crippen LogP contribution in [0.1, 0.15) is 29.6 Å². The highest BCUT2D eigenvalue weighted by molar-refractivity contribution is 6.39. The van der Waals surface area contributed by atoms with Crippen LogP contribution in [0.2, 0.25) is 10.0 Å². The Morgan fingerprint density at radius 2 is 2.12 bits per heavy atom. The molecule has 0 radical (unpaired) electrons. The molecule has 3 rings (SSSR count). The highest BCUT2D eigenvalue weighted by Crippen LogP contribution is 2.36. The fraction of sp³-hybridized carbons (Fsp3) is 0.312. The minimum atomic E-state index is -0.671. The lowest BCUT2D eigenvalue weighted by Crippen LogP contribution is -2.13. The van der Waals surface area contributed by atoms with Crippen LogP contribution in [0.5, 0.6) is 5.75 Å². The number of tetrazole rings is 1.